The zero-order valence-electron chi connectivity index (χ0n) is 27.1. The largest absolute Gasteiger partial charge is 0.367 e. The molecule has 0 spiro atoms. The molecule has 6 aromatic rings. The molecule has 8 heteroatoms. The summed E-state index contributed by atoms with van der Waals surface area (Å²) in [5.41, 5.74) is 5.78. The van der Waals surface area contributed by atoms with Crippen molar-refractivity contribution in [2.75, 3.05) is 11.9 Å². The third kappa shape index (κ3) is 7.30. The number of nitrogens with one attached hydrogen (secondary N) is 3. The van der Waals surface area contributed by atoms with E-state index in [9.17, 15) is 19.9 Å². The first-order valence-electron chi connectivity index (χ1n) is 16.1. The van der Waals surface area contributed by atoms with E-state index in [0.29, 0.717) is 41.9 Å². The van der Waals surface area contributed by atoms with E-state index in [1.54, 1.807) is 36.5 Å². The predicted octanol–water partition coefficient (Wildman–Crippen LogP) is 8.59. The highest BCUT2D eigenvalue weighted by Gasteiger charge is 2.38. The minimum absolute atomic E-state index is 0.0448. The molecule has 0 radical (unpaired) electrons. The zero-order valence-corrected chi connectivity index (χ0v) is 27.1. The first-order chi connectivity index (χ1) is 23.8. The van der Waals surface area contributed by atoms with Crippen molar-refractivity contribution in [3.8, 4) is 0 Å². The highest BCUT2D eigenvalue weighted by Crippen LogP contribution is 2.42. The summed E-state index contributed by atoms with van der Waals surface area (Å²) in [6.45, 7) is 2.80. The number of nitro groups is 1. The van der Waals surface area contributed by atoms with Gasteiger partial charge in [0.05, 0.1) is 16.3 Å². The molecule has 0 unspecified atom stereocenters. The van der Waals surface area contributed by atoms with Gasteiger partial charge in [0.1, 0.15) is 11.4 Å². The Hall–Kier alpha value is -5.99. The van der Waals surface area contributed by atoms with Crippen LogP contribution in [0.1, 0.15) is 44.6 Å². The van der Waals surface area contributed by atoms with Crippen molar-refractivity contribution in [2.45, 2.75) is 25.4 Å². The quantitative estimate of drug-likeness (QED) is 0.0382. The Kier molecular flexibility index (Phi) is 9.97. The van der Waals surface area contributed by atoms with E-state index >= 15 is 0 Å². The van der Waals surface area contributed by atoms with Crippen LogP contribution < -0.4 is 10.6 Å². The normalized spacial score (nSPS) is 11.2. The maximum absolute atomic E-state index is 13.4. The van der Waals surface area contributed by atoms with Gasteiger partial charge in [0.2, 0.25) is 0 Å². The fourth-order valence-corrected chi connectivity index (χ4v) is 6.21. The molecule has 1 heterocycles. The van der Waals surface area contributed by atoms with Gasteiger partial charge < -0.3 is 10.6 Å². The Morgan fingerprint density at radius 2 is 1.39 bits per heavy atom. The third-order valence-corrected chi connectivity index (χ3v) is 8.63. The SMILES string of the molecule is Cc1cc(C(=N)c2cc(CCNCc3ccc(F)cc3)c([N+](=O)[O-])cc2NC(c2ccccc2)(c2ccccc2)c2ccccc2)ccn1. The van der Waals surface area contributed by atoms with Crippen LogP contribution in [0.25, 0.3) is 0 Å². The Labute approximate surface area is 285 Å². The van der Waals surface area contributed by atoms with E-state index in [-0.39, 0.29) is 22.1 Å². The van der Waals surface area contributed by atoms with Gasteiger partial charge in [0.15, 0.2) is 0 Å². The predicted molar refractivity (Wildman–Crippen MR) is 193 cm³/mol. The first-order valence-corrected chi connectivity index (χ1v) is 16.1. The van der Waals surface area contributed by atoms with Crippen LogP contribution in [-0.2, 0) is 18.5 Å². The molecule has 0 atom stereocenters. The van der Waals surface area contributed by atoms with Crippen molar-refractivity contribution in [1.82, 2.24) is 10.3 Å². The van der Waals surface area contributed by atoms with E-state index in [4.69, 9.17) is 0 Å². The highest BCUT2D eigenvalue weighted by molar-refractivity contribution is 6.14. The number of halogens is 1. The Morgan fingerprint density at radius 3 is 1.92 bits per heavy atom. The van der Waals surface area contributed by atoms with E-state index in [2.05, 4.69) is 15.6 Å². The number of benzene rings is 5. The molecule has 0 aliphatic heterocycles. The Bertz CT molecular complexity index is 1960. The smallest absolute Gasteiger partial charge is 0.274 e. The fourth-order valence-electron chi connectivity index (χ4n) is 6.21. The summed E-state index contributed by atoms with van der Waals surface area (Å²) in [6, 6.07) is 43.2. The summed E-state index contributed by atoms with van der Waals surface area (Å²) in [7, 11) is 0. The molecule has 244 valence electrons. The van der Waals surface area contributed by atoms with Gasteiger partial charge in [-0.15, -0.1) is 0 Å². The molecular weight excluding hydrogens is 613 g/mol. The highest BCUT2D eigenvalue weighted by atomic mass is 19.1. The monoisotopic (exact) mass is 649 g/mol. The van der Waals surface area contributed by atoms with Gasteiger partial charge in [-0.25, -0.2) is 4.39 Å². The van der Waals surface area contributed by atoms with Crippen LogP contribution in [0.5, 0.6) is 0 Å². The number of aromatic nitrogens is 1. The lowest BCUT2D eigenvalue weighted by Crippen LogP contribution is -2.38. The van der Waals surface area contributed by atoms with E-state index in [1.807, 2.05) is 104 Å². The van der Waals surface area contributed by atoms with Crippen molar-refractivity contribution >= 4 is 17.1 Å². The molecule has 0 amide bonds. The van der Waals surface area contributed by atoms with Crippen molar-refractivity contribution in [1.29, 1.82) is 5.41 Å². The summed E-state index contributed by atoms with van der Waals surface area (Å²) >= 11 is 0. The summed E-state index contributed by atoms with van der Waals surface area (Å²) in [5, 5.41) is 29.3. The molecule has 0 saturated carbocycles. The summed E-state index contributed by atoms with van der Waals surface area (Å²) < 4.78 is 13.4. The van der Waals surface area contributed by atoms with Crippen molar-refractivity contribution in [3.05, 3.63) is 206 Å². The second kappa shape index (κ2) is 14.8. The van der Waals surface area contributed by atoms with E-state index < -0.39 is 5.54 Å². The van der Waals surface area contributed by atoms with Crippen molar-refractivity contribution in [2.24, 2.45) is 0 Å². The van der Waals surface area contributed by atoms with Gasteiger partial charge in [-0.3, -0.25) is 20.5 Å². The molecule has 0 fully saturated rings. The average molecular weight is 650 g/mol. The van der Waals surface area contributed by atoms with Gasteiger partial charge >= 0.3 is 0 Å². The van der Waals surface area contributed by atoms with Crippen molar-refractivity contribution in [3.63, 3.8) is 0 Å². The van der Waals surface area contributed by atoms with Crippen LogP contribution >= 0.6 is 0 Å². The minimum atomic E-state index is -0.973. The second-order valence-electron chi connectivity index (χ2n) is 11.9. The zero-order chi connectivity index (χ0) is 34.2. The van der Waals surface area contributed by atoms with E-state index in [1.165, 1.54) is 12.1 Å². The molecular formula is C41H36FN5O2. The first kappa shape index (κ1) is 32.9. The van der Waals surface area contributed by atoms with Crippen LogP contribution in [0.4, 0.5) is 15.8 Å². The minimum Gasteiger partial charge on any atom is -0.367 e. The third-order valence-electron chi connectivity index (χ3n) is 8.63. The lowest BCUT2D eigenvalue weighted by atomic mass is 9.76. The van der Waals surface area contributed by atoms with Gasteiger partial charge in [0, 0.05) is 41.2 Å². The number of aryl methyl sites for hydroxylation is 1. The summed E-state index contributed by atoms with van der Waals surface area (Å²) in [6.07, 6.45) is 2.01. The number of nitrogens with zero attached hydrogens (tertiary/aromatic N) is 2. The average Bonchev–Trinajstić information content (AvgIpc) is 3.14. The summed E-state index contributed by atoms with van der Waals surface area (Å²) in [4.78, 5) is 16.7. The standard InChI is InChI=1S/C41H36FN5O2/c1-29-25-32(22-24-45-29)40(43)37-26-31(21-23-44-28-30-17-19-36(42)20-18-30)39(47(48)49)27-38(37)46-41(33-11-5-2-6-12-33,34-13-7-3-8-14-34)35-15-9-4-10-16-35/h2-20,22,24-27,43-44,46H,21,23,28H2,1H3. The number of hydrogen-bond donors (Lipinski definition) is 3. The van der Waals surface area contributed by atoms with Crippen molar-refractivity contribution < 1.29 is 9.31 Å². The van der Waals surface area contributed by atoms with Crippen LogP contribution in [0.15, 0.2) is 146 Å². The molecule has 1 aromatic heterocycles. The molecule has 3 N–H and O–H groups in total. The Morgan fingerprint density at radius 1 is 0.816 bits per heavy atom. The number of hydrogen-bond acceptors (Lipinski definition) is 6. The lowest BCUT2D eigenvalue weighted by molar-refractivity contribution is -0.385. The summed E-state index contributed by atoms with van der Waals surface area (Å²) in [5.74, 6) is -0.303. The van der Waals surface area contributed by atoms with Crippen LogP contribution in [0, 0.1) is 28.3 Å². The van der Waals surface area contributed by atoms with E-state index in [0.717, 1.165) is 27.9 Å². The number of pyridine rings is 1. The molecule has 7 nitrogen and oxygen atoms in total. The maximum Gasteiger partial charge on any atom is 0.274 e. The molecule has 0 bridgehead atoms. The maximum atomic E-state index is 13.4. The van der Waals surface area contributed by atoms with Crippen LogP contribution in [0.3, 0.4) is 0 Å². The van der Waals surface area contributed by atoms with Gasteiger partial charge in [0.25, 0.3) is 5.69 Å². The van der Waals surface area contributed by atoms with Crippen LogP contribution in [-0.4, -0.2) is 22.2 Å². The number of rotatable bonds is 13. The molecule has 6 rings (SSSR count). The molecule has 5 aromatic carbocycles. The second-order valence-corrected chi connectivity index (χ2v) is 11.9. The van der Waals surface area contributed by atoms with Gasteiger partial charge in [-0.2, -0.15) is 0 Å². The topological polar surface area (TPSA) is 104 Å². The molecule has 49 heavy (non-hydrogen) atoms. The Balaban J connectivity index is 1.50. The van der Waals surface area contributed by atoms with Crippen LogP contribution in [0.2, 0.25) is 0 Å². The lowest BCUT2D eigenvalue weighted by Gasteiger charge is -2.38. The number of nitro benzene ring substituents is 1. The molecule has 0 saturated heterocycles. The molecule has 0 aliphatic carbocycles. The van der Waals surface area contributed by atoms with Gasteiger partial charge in [-0.1, -0.05) is 103 Å². The molecule has 0 aliphatic rings. The van der Waals surface area contributed by atoms with Gasteiger partial charge in [-0.05, 0) is 72.5 Å². The fraction of sp³-hybridized carbons (Fsp3) is 0.122. The number of anilines is 1.